The van der Waals surface area contributed by atoms with Gasteiger partial charge in [-0.2, -0.15) is 4.68 Å². The number of para-hydroxylation sites is 1. The van der Waals surface area contributed by atoms with E-state index in [-0.39, 0.29) is 17.7 Å². The van der Waals surface area contributed by atoms with Gasteiger partial charge < -0.3 is 4.90 Å². The van der Waals surface area contributed by atoms with Crippen LogP contribution in [-0.2, 0) is 0 Å². The molecule has 3 aromatic rings. The third-order valence-electron chi connectivity index (χ3n) is 4.78. The van der Waals surface area contributed by atoms with Crippen LogP contribution >= 0.6 is 11.6 Å². The molecule has 1 saturated heterocycles. The Labute approximate surface area is 155 Å². The number of nitrogens with zero attached hydrogens (tertiary/aromatic N) is 4. The highest BCUT2D eigenvalue weighted by molar-refractivity contribution is 6.30. The van der Waals surface area contributed by atoms with Crippen molar-refractivity contribution >= 4 is 34.4 Å². The van der Waals surface area contributed by atoms with Gasteiger partial charge in [0.15, 0.2) is 0 Å². The molecule has 1 aliphatic rings. The van der Waals surface area contributed by atoms with E-state index in [0.29, 0.717) is 42.0 Å². The van der Waals surface area contributed by atoms with E-state index in [1.807, 2.05) is 24.3 Å². The molecule has 0 N–H and O–H groups in total. The first-order valence-corrected chi connectivity index (χ1v) is 8.91. The lowest BCUT2D eigenvalue weighted by Gasteiger charge is -2.31. The Morgan fingerprint density at radius 2 is 1.69 bits per heavy atom. The van der Waals surface area contributed by atoms with Gasteiger partial charge in [0, 0.05) is 29.6 Å². The summed E-state index contributed by atoms with van der Waals surface area (Å²) in [5.41, 5.74) is 2.04. The average Bonchev–Trinajstić information content (AvgIpc) is 3.12. The number of hydrogen-bond donors (Lipinski definition) is 0. The molecular weight excluding hydrogens is 352 g/mol. The second-order valence-corrected chi connectivity index (χ2v) is 6.84. The Hall–Kier alpha value is -2.73. The first-order chi connectivity index (χ1) is 12.6. The van der Waals surface area contributed by atoms with Gasteiger partial charge in [-0.1, -0.05) is 28.9 Å². The summed E-state index contributed by atoms with van der Waals surface area (Å²) in [5, 5.41) is 8.65. The van der Waals surface area contributed by atoms with Crippen LogP contribution in [0.4, 0.5) is 0 Å². The van der Waals surface area contributed by atoms with E-state index in [4.69, 9.17) is 11.6 Å². The zero-order chi connectivity index (χ0) is 18.1. The summed E-state index contributed by atoms with van der Waals surface area (Å²) in [5.74, 6) is -0.245. The maximum Gasteiger partial charge on any atom is 0.253 e. The second kappa shape index (κ2) is 6.88. The zero-order valence-electron chi connectivity index (χ0n) is 14.0. The number of likely N-dealkylation sites (tertiary alicyclic amines) is 1. The standard InChI is InChI=1S/C19H17ClN4O2/c20-15-7-5-13(6-8-15)18(25)23-11-9-14(10-12-23)19(26)24-17-4-2-1-3-16(17)21-22-24/h1-8,14H,9-12H2. The molecule has 0 aliphatic carbocycles. The van der Waals surface area contributed by atoms with Gasteiger partial charge in [-0.3, -0.25) is 9.59 Å². The number of aromatic nitrogens is 3. The summed E-state index contributed by atoms with van der Waals surface area (Å²) in [6, 6.07) is 14.3. The van der Waals surface area contributed by atoms with Crippen molar-refractivity contribution in [2.75, 3.05) is 13.1 Å². The molecule has 4 rings (SSSR count). The van der Waals surface area contributed by atoms with Crippen molar-refractivity contribution in [1.29, 1.82) is 0 Å². The fraction of sp³-hybridized carbons (Fsp3) is 0.263. The van der Waals surface area contributed by atoms with Crippen molar-refractivity contribution in [1.82, 2.24) is 19.9 Å². The molecule has 0 bridgehead atoms. The zero-order valence-corrected chi connectivity index (χ0v) is 14.8. The average molecular weight is 369 g/mol. The lowest BCUT2D eigenvalue weighted by molar-refractivity contribution is 0.0615. The third-order valence-corrected chi connectivity index (χ3v) is 5.04. The highest BCUT2D eigenvalue weighted by Gasteiger charge is 2.29. The van der Waals surface area contributed by atoms with E-state index in [1.165, 1.54) is 4.68 Å². The molecule has 2 heterocycles. The Morgan fingerprint density at radius 1 is 1.00 bits per heavy atom. The van der Waals surface area contributed by atoms with E-state index < -0.39 is 0 Å². The summed E-state index contributed by atoms with van der Waals surface area (Å²) in [4.78, 5) is 27.1. The second-order valence-electron chi connectivity index (χ2n) is 6.40. The number of hydrogen-bond acceptors (Lipinski definition) is 4. The molecule has 1 fully saturated rings. The minimum absolute atomic E-state index is 0.0289. The lowest BCUT2D eigenvalue weighted by Crippen LogP contribution is -2.41. The Balaban J connectivity index is 1.44. The monoisotopic (exact) mass is 368 g/mol. The molecule has 0 spiro atoms. The molecule has 6 nitrogen and oxygen atoms in total. The Morgan fingerprint density at radius 3 is 2.42 bits per heavy atom. The van der Waals surface area contributed by atoms with Crippen LogP contribution in [0, 0.1) is 5.92 Å². The predicted octanol–water partition coefficient (Wildman–Crippen LogP) is 3.28. The molecule has 2 aromatic carbocycles. The van der Waals surface area contributed by atoms with Crippen LogP contribution in [0.25, 0.3) is 11.0 Å². The molecule has 0 atom stereocenters. The highest BCUT2D eigenvalue weighted by Crippen LogP contribution is 2.22. The van der Waals surface area contributed by atoms with E-state index in [9.17, 15) is 9.59 Å². The number of fused-ring (bicyclic) bond motifs is 1. The van der Waals surface area contributed by atoms with Crippen molar-refractivity contribution in [3.05, 3.63) is 59.1 Å². The fourth-order valence-corrected chi connectivity index (χ4v) is 3.44. The SMILES string of the molecule is O=C(c1ccc(Cl)cc1)N1CCC(C(=O)n2nnc3ccccc32)CC1. The van der Waals surface area contributed by atoms with E-state index in [1.54, 1.807) is 29.2 Å². The summed E-state index contributed by atoms with van der Waals surface area (Å²) in [6.45, 7) is 1.09. The van der Waals surface area contributed by atoms with Crippen molar-refractivity contribution in [2.45, 2.75) is 12.8 Å². The molecule has 0 unspecified atom stereocenters. The molecule has 132 valence electrons. The summed E-state index contributed by atoms with van der Waals surface area (Å²) < 4.78 is 1.39. The molecule has 1 amide bonds. The number of carbonyl (C=O) groups excluding carboxylic acids is 2. The summed E-state index contributed by atoms with van der Waals surface area (Å²) in [7, 11) is 0. The minimum atomic E-state index is -0.158. The van der Waals surface area contributed by atoms with Gasteiger partial charge in [0.25, 0.3) is 11.8 Å². The van der Waals surface area contributed by atoms with E-state index in [0.717, 1.165) is 5.52 Å². The van der Waals surface area contributed by atoms with Crippen LogP contribution in [0.3, 0.4) is 0 Å². The van der Waals surface area contributed by atoms with Crippen molar-refractivity contribution in [3.63, 3.8) is 0 Å². The van der Waals surface area contributed by atoms with Crippen LogP contribution in [-0.4, -0.2) is 44.8 Å². The lowest BCUT2D eigenvalue weighted by atomic mass is 9.95. The van der Waals surface area contributed by atoms with Gasteiger partial charge in [-0.25, -0.2) is 0 Å². The molecular formula is C19H17ClN4O2. The quantitative estimate of drug-likeness (QED) is 0.696. The van der Waals surface area contributed by atoms with E-state index in [2.05, 4.69) is 10.3 Å². The first kappa shape index (κ1) is 16.7. The smallest absolute Gasteiger partial charge is 0.253 e. The van der Waals surface area contributed by atoms with Gasteiger partial charge >= 0.3 is 0 Å². The van der Waals surface area contributed by atoms with Crippen LogP contribution in [0.1, 0.15) is 28.0 Å². The van der Waals surface area contributed by atoms with Gasteiger partial charge in [-0.05, 0) is 49.2 Å². The number of rotatable bonds is 2. The number of piperidine rings is 1. The Bertz CT molecular complexity index is 959. The number of benzene rings is 2. The van der Waals surface area contributed by atoms with Crippen LogP contribution in [0.5, 0.6) is 0 Å². The maximum absolute atomic E-state index is 12.8. The molecule has 7 heteroatoms. The maximum atomic E-state index is 12.8. The number of carbonyl (C=O) groups is 2. The largest absolute Gasteiger partial charge is 0.339 e. The van der Waals surface area contributed by atoms with Crippen molar-refractivity contribution < 1.29 is 9.59 Å². The molecule has 1 aromatic heterocycles. The normalized spacial score (nSPS) is 15.3. The minimum Gasteiger partial charge on any atom is -0.339 e. The van der Waals surface area contributed by atoms with Crippen molar-refractivity contribution in [2.24, 2.45) is 5.92 Å². The fourth-order valence-electron chi connectivity index (χ4n) is 3.31. The molecule has 0 saturated carbocycles. The summed E-state index contributed by atoms with van der Waals surface area (Å²) in [6.07, 6.45) is 1.23. The third kappa shape index (κ3) is 3.08. The Kier molecular flexibility index (Phi) is 4.42. The van der Waals surface area contributed by atoms with Crippen molar-refractivity contribution in [3.8, 4) is 0 Å². The van der Waals surface area contributed by atoms with Crippen LogP contribution in [0.2, 0.25) is 5.02 Å². The predicted molar refractivity (Wildman–Crippen MR) is 98.2 cm³/mol. The molecule has 26 heavy (non-hydrogen) atoms. The van der Waals surface area contributed by atoms with E-state index >= 15 is 0 Å². The van der Waals surface area contributed by atoms with Gasteiger partial charge in [0.05, 0.1) is 5.52 Å². The van der Waals surface area contributed by atoms with Crippen LogP contribution < -0.4 is 0 Å². The summed E-state index contributed by atoms with van der Waals surface area (Å²) >= 11 is 5.87. The topological polar surface area (TPSA) is 68.1 Å². The van der Waals surface area contributed by atoms with Crippen LogP contribution in [0.15, 0.2) is 48.5 Å². The van der Waals surface area contributed by atoms with Gasteiger partial charge in [-0.15, -0.1) is 5.10 Å². The number of halogens is 1. The van der Waals surface area contributed by atoms with Gasteiger partial charge in [0.2, 0.25) is 0 Å². The molecule has 0 radical (unpaired) electrons. The first-order valence-electron chi connectivity index (χ1n) is 8.53. The number of amides is 1. The van der Waals surface area contributed by atoms with Gasteiger partial charge in [0.1, 0.15) is 5.52 Å². The molecule has 1 aliphatic heterocycles. The highest BCUT2D eigenvalue weighted by atomic mass is 35.5.